The van der Waals surface area contributed by atoms with E-state index in [0.717, 1.165) is 8.26 Å². The molecule has 4 nitrogen and oxygen atoms in total. The summed E-state index contributed by atoms with van der Waals surface area (Å²) in [5, 5.41) is 0. The van der Waals surface area contributed by atoms with Gasteiger partial charge < -0.3 is 4.90 Å². The minimum Gasteiger partial charge on any atom is -0.333 e. The second-order valence-electron chi connectivity index (χ2n) is 4.19. The summed E-state index contributed by atoms with van der Waals surface area (Å²) < 4.78 is 24.7. The molecule has 1 saturated heterocycles. The molecule has 1 aromatic heterocycles. The second kappa shape index (κ2) is 5.22. The molecule has 1 amide bonds. The van der Waals surface area contributed by atoms with E-state index in [9.17, 15) is 13.2 Å². The topological polar surface area (TPSA) is 54.5 Å². The van der Waals surface area contributed by atoms with E-state index in [1.807, 2.05) is 0 Å². The van der Waals surface area contributed by atoms with Gasteiger partial charge in [-0.05, 0) is 44.8 Å². The van der Waals surface area contributed by atoms with Crippen LogP contribution < -0.4 is 0 Å². The van der Waals surface area contributed by atoms with E-state index < -0.39 is 9.84 Å². The van der Waals surface area contributed by atoms with Crippen molar-refractivity contribution in [3.63, 3.8) is 0 Å². The molecule has 8 heteroatoms. The number of nitrogens with zero attached hydrogens (tertiary/aromatic N) is 1. The highest BCUT2D eigenvalue weighted by atomic mass is 79.9. The molecule has 0 spiro atoms. The third kappa shape index (κ3) is 2.97. The lowest BCUT2D eigenvalue weighted by Gasteiger charge is -2.32. The Kier molecular flexibility index (Phi) is 4.20. The van der Waals surface area contributed by atoms with Gasteiger partial charge in [0.2, 0.25) is 0 Å². The molecule has 0 bridgehead atoms. The molecule has 1 fully saturated rings. The third-order valence-electron chi connectivity index (χ3n) is 2.79. The van der Waals surface area contributed by atoms with Gasteiger partial charge in [0.05, 0.1) is 20.2 Å². The zero-order valence-electron chi connectivity index (χ0n) is 9.52. The van der Waals surface area contributed by atoms with E-state index in [2.05, 4.69) is 31.9 Å². The lowest BCUT2D eigenvalue weighted by atomic mass is 10.3. The molecule has 0 N–H and O–H groups in total. The number of halogens is 2. The van der Waals surface area contributed by atoms with Crippen molar-refractivity contribution in [1.82, 2.24) is 4.90 Å². The average Bonchev–Trinajstić information content (AvgIpc) is 2.57. The van der Waals surface area contributed by atoms with E-state index in [-0.39, 0.29) is 30.0 Å². The van der Waals surface area contributed by atoms with Gasteiger partial charge in [0.15, 0.2) is 9.84 Å². The van der Waals surface area contributed by atoms with Crippen LogP contribution in [0.5, 0.6) is 0 Å². The second-order valence-corrected chi connectivity index (χ2v) is 9.65. The van der Waals surface area contributed by atoms with E-state index in [0.29, 0.717) is 4.88 Å². The normalized spacial score (nSPS) is 23.1. The highest BCUT2D eigenvalue weighted by Gasteiger charge is 2.32. The fourth-order valence-electron chi connectivity index (χ4n) is 1.89. The number of thiophene rings is 1. The first-order valence-electron chi connectivity index (χ1n) is 5.26. The van der Waals surface area contributed by atoms with Crippen molar-refractivity contribution >= 4 is 58.9 Å². The molecular weight excluding hydrogens is 406 g/mol. The quantitative estimate of drug-likeness (QED) is 0.706. The Morgan fingerprint density at radius 2 is 2.17 bits per heavy atom. The molecule has 1 unspecified atom stereocenters. The smallest absolute Gasteiger partial charge is 0.264 e. The first kappa shape index (κ1) is 14.5. The zero-order valence-corrected chi connectivity index (χ0v) is 14.3. The van der Waals surface area contributed by atoms with Crippen molar-refractivity contribution < 1.29 is 13.2 Å². The van der Waals surface area contributed by atoms with Crippen LogP contribution in [-0.2, 0) is 9.84 Å². The van der Waals surface area contributed by atoms with Crippen LogP contribution in [0.2, 0.25) is 0 Å². The van der Waals surface area contributed by atoms with Crippen molar-refractivity contribution in [2.75, 3.05) is 18.1 Å². The lowest BCUT2D eigenvalue weighted by Crippen LogP contribution is -2.49. The summed E-state index contributed by atoms with van der Waals surface area (Å²) in [6.45, 7) is 2.04. The highest BCUT2D eigenvalue weighted by Crippen LogP contribution is 2.33. The summed E-state index contributed by atoms with van der Waals surface area (Å²) in [5.74, 6) is -0.00252. The van der Waals surface area contributed by atoms with Gasteiger partial charge in [-0.2, -0.15) is 0 Å². The van der Waals surface area contributed by atoms with Crippen molar-refractivity contribution in [1.29, 1.82) is 0 Å². The fraction of sp³-hybridized carbons (Fsp3) is 0.500. The molecule has 1 aliphatic rings. The number of sulfone groups is 1. The Balaban J connectivity index is 2.20. The van der Waals surface area contributed by atoms with Crippen LogP contribution in [0.4, 0.5) is 0 Å². The highest BCUT2D eigenvalue weighted by molar-refractivity contribution is 9.13. The van der Waals surface area contributed by atoms with Crippen LogP contribution in [0.15, 0.2) is 14.3 Å². The molecule has 0 radical (unpaired) electrons. The molecule has 100 valence electrons. The van der Waals surface area contributed by atoms with Gasteiger partial charge in [-0.15, -0.1) is 11.3 Å². The average molecular weight is 417 g/mol. The first-order chi connectivity index (χ1) is 8.30. The summed E-state index contributed by atoms with van der Waals surface area (Å²) in [7, 11) is -2.99. The monoisotopic (exact) mass is 415 g/mol. The van der Waals surface area contributed by atoms with Gasteiger partial charge in [-0.1, -0.05) is 0 Å². The van der Waals surface area contributed by atoms with Crippen molar-refractivity contribution in [3.8, 4) is 0 Å². The molecule has 2 rings (SSSR count). The molecular formula is C10H11Br2NO3S2. The van der Waals surface area contributed by atoms with E-state index >= 15 is 0 Å². The molecule has 0 saturated carbocycles. The van der Waals surface area contributed by atoms with Crippen LogP contribution in [0.3, 0.4) is 0 Å². The van der Waals surface area contributed by atoms with Crippen LogP contribution in [0.25, 0.3) is 0 Å². The van der Waals surface area contributed by atoms with E-state index in [1.54, 1.807) is 17.9 Å². The van der Waals surface area contributed by atoms with Gasteiger partial charge in [-0.25, -0.2) is 8.42 Å². The SMILES string of the molecule is CC1CS(=O)(=O)CCN1C(=O)c1cc(Br)c(Br)s1. The van der Waals surface area contributed by atoms with Crippen LogP contribution in [-0.4, -0.2) is 43.3 Å². The molecule has 1 aliphatic heterocycles. The van der Waals surface area contributed by atoms with Gasteiger partial charge in [-0.3, -0.25) is 4.79 Å². The predicted molar refractivity (Wildman–Crippen MR) is 78.9 cm³/mol. The molecule has 0 aromatic carbocycles. The molecule has 2 heterocycles. The maximum absolute atomic E-state index is 12.3. The predicted octanol–water partition coefficient (Wildman–Crippen LogP) is 2.53. The lowest BCUT2D eigenvalue weighted by molar-refractivity contribution is 0.0717. The number of rotatable bonds is 1. The summed E-state index contributed by atoms with van der Waals surface area (Å²) in [4.78, 5) is 14.5. The first-order valence-corrected chi connectivity index (χ1v) is 9.49. The Morgan fingerprint density at radius 3 is 2.67 bits per heavy atom. The maximum atomic E-state index is 12.3. The summed E-state index contributed by atoms with van der Waals surface area (Å²) in [5.41, 5.74) is 0. The van der Waals surface area contributed by atoms with Gasteiger partial charge >= 0.3 is 0 Å². The summed E-state index contributed by atoms with van der Waals surface area (Å²) >= 11 is 8.03. The number of hydrogen-bond acceptors (Lipinski definition) is 4. The van der Waals surface area contributed by atoms with E-state index in [1.165, 1.54) is 11.3 Å². The van der Waals surface area contributed by atoms with E-state index in [4.69, 9.17) is 0 Å². The number of carbonyl (C=O) groups is 1. The standard InChI is InChI=1S/C10H11Br2NO3S2/c1-6-5-18(15,16)3-2-13(6)10(14)8-4-7(11)9(12)17-8/h4,6H,2-3,5H2,1H3. The molecule has 1 atom stereocenters. The molecule has 0 aliphatic carbocycles. The Hall–Kier alpha value is 0.0800. The number of amides is 1. The summed E-state index contributed by atoms with van der Waals surface area (Å²) in [6.07, 6.45) is 0. The van der Waals surface area contributed by atoms with Gasteiger partial charge in [0.1, 0.15) is 0 Å². The zero-order chi connectivity index (χ0) is 13.5. The minimum atomic E-state index is -2.99. The minimum absolute atomic E-state index is 0.0481. The fourth-order valence-corrected chi connectivity index (χ4v) is 5.44. The Morgan fingerprint density at radius 1 is 1.50 bits per heavy atom. The van der Waals surface area contributed by atoms with Gasteiger partial charge in [0, 0.05) is 17.1 Å². The third-order valence-corrected chi connectivity index (χ3v) is 7.83. The number of hydrogen-bond donors (Lipinski definition) is 0. The maximum Gasteiger partial charge on any atom is 0.264 e. The number of carbonyl (C=O) groups excluding carboxylic acids is 1. The van der Waals surface area contributed by atoms with Crippen LogP contribution >= 0.6 is 43.2 Å². The Bertz CT molecular complexity index is 562. The van der Waals surface area contributed by atoms with Crippen molar-refractivity contribution in [2.45, 2.75) is 13.0 Å². The van der Waals surface area contributed by atoms with Crippen molar-refractivity contribution in [3.05, 3.63) is 19.2 Å². The molecule has 18 heavy (non-hydrogen) atoms. The van der Waals surface area contributed by atoms with Crippen LogP contribution in [0.1, 0.15) is 16.6 Å². The van der Waals surface area contributed by atoms with Crippen LogP contribution in [0, 0.1) is 0 Å². The van der Waals surface area contributed by atoms with Crippen molar-refractivity contribution in [2.24, 2.45) is 0 Å². The molecule has 1 aromatic rings. The Labute approximate surface area is 127 Å². The summed E-state index contributed by atoms with van der Waals surface area (Å²) in [6, 6.07) is 1.49. The van der Waals surface area contributed by atoms with Gasteiger partial charge in [0.25, 0.3) is 5.91 Å². The largest absolute Gasteiger partial charge is 0.333 e.